The lowest BCUT2D eigenvalue weighted by Crippen LogP contribution is -2.79. The standard InChI is InChI=1S/C23H34N5O11P/c1-10-6-13(27-15(29)7-11-9-28-5-4-12(8-14(28)26-11)39-40(33,34)35)23(32)22(36-10)37-21-19(31)16(24-2)18(30)17(25-3)20(21)38-23/h4-5,8-10,13,16-22,24-25,30-32H,6-7H2,1-3H3,(H,27,29)(H2,33,34,35)/t10-,13-,16-,17+,18+,19+,20-,21-,22+,23+/m1/s1. The smallest absolute Gasteiger partial charge is 0.404 e. The molecule has 0 unspecified atom stereocenters. The molecule has 0 radical (unpaired) electrons. The van der Waals surface area contributed by atoms with Crippen LogP contribution in [0.4, 0.5) is 0 Å². The van der Waals surface area contributed by atoms with Crippen molar-refractivity contribution < 1.29 is 53.2 Å². The first-order chi connectivity index (χ1) is 18.8. The largest absolute Gasteiger partial charge is 0.524 e. The third-order valence-electron chi connectivity index (χ3n) is 7.53. The fourth-order valence-corrected chi connectivity index (χ4v) is 6.11. The van der Waals surface area contributed by atoms with E-state index in [1.165, 1.54) is 18.3 Å². The predicted molar refractivity (Wildman–Crippen MR) is 135 cm³/mol. The molecule has 16 nitrogen and oxygen atoms in total. The van der Waals surface area contributed by atoms with Crippen molar-refractivity contribution >= 4 is 19.4 Å². The minimum atomic E-state index is -4.74. The van der Waals surface area contributed by atoms with E-state index in [0.29, 0.717) is 11.3 Å². The lowest BCUT2D eigenvalue weighted by atomic mass is 9.79. The van der Waals surface area contributed by atoms with E-state index >= 15 is 0 Å². The van der Waals surface area contributed by atoms with Gasteiger partial charge in [0.15, 0.2) is 0 Å². The van der Waals surface area contributed by atoms with Crippen LogP contribution in [0.2, 0.25) is 0 Å². The van der Waals surface area contributed by atoms with Gasteiger partial charge in [0.25, 0.3) is 0 Å². The zero-order chi connectivity index (χ0) is 29.0. The van der Waals surface area contributed by atoms with Gasteiger partial charge in [0, 0.05) is 18.5 Å². The summed E-state index contributed by atoms with van der Waals surface area (Å²) >= 11 is 0. The normalized spacial score (nSPS) is 38.0. The first-order valence-corrected chi connectivity index (χ1v) is 14.3. The van der Waals surface area contributed by atoms with Crippen molar-refractivity contribution in [2.75, 3.05) is 14.1 Å². The van der Waals surface area contributed by atoms with Gasteiger partial charge >= 0.3 is 7.82 Å². The van der Waals surface area contributed by atoms with E-state index in [0.717, 1.165) is 0 Å². The maximum absolute atomic E-state index is 13.1. The Bertz CT molecular complexity index is 1290. The van der Waals surface area contributed by atoms with E-state index in [2.05, 4.69) is 25.5 Å². The number of phosphoric acid groups is 1. The van der Waals surface area contributed by atoms with Gasteiger partial charge in [0.05, 0.1) is 42.4 Å². The maximum atomic E-state index is 13.1. The van der Waals surface area contributed by atoms with Crippen LogP contribution in [-0.4, -0.2) is 115 Å². The Balaban J connectivity index is 1.32. The van der Waals surface area contributed by atoms with Crippen molar-refractivity contribution in [3.05, 3.63) is 30.2 Å². The van der Waals surface area contributed by atoms with E-state index in [-0.39, 0.29) is 18.6 Å². The number of carbonyl (C=O) groups excluding carboxylic acids is 1. The first kappa shape index (κ1) is 29.3. The Kier molecular flexibility index (Phi) is 7.97. The van der Waals surface area contributed by atoms with Crippen LogP contribution in [0, 0.1) is 0 Å². The van der Waals surface area contributed by atoms with Crippen LogP contribution in [0.25, 0.3) is 5.65 Å². The molecule has 2 aromatic rings. The van der Waals surface area contributed by atoms with Gasteiger partial charge in [-0.25, -0.2) is 9.55 Å². The molecule has 1 saturated carbocycles. The van der Waals surface area contributed by atoms with Crippen molar-refractivity contribution in [2.24, 2.45) is 0 Å². The SMILES string of the molecule is CN[C@@H]1[C@H](O)[C@H](NC)[C@H]2O[C@]3(O)[C@H](O[C@@H]2[C@H]1O)O[C@H](C)C[C@H]3NC(=O)Cc1cn2ccc(OP(=O)(O)O)cc2n1. The molecule has 3 fully saturated rings. The number of imidazole rings is 1. The summed E-state index contributed by atoms with van der Waals surface area (Å²) in [4.78, 5) is 35.4. The second-order valence-electron chi connectivity index (χ2n) is 10.3. The molecule has 0 spiro atoms. The third kappa shape index (κ3) is 5.49. The number of hydrogen-bond acceptors (Lipinski definition) is 12. The summed E-state index contributed by atoms with van der Waals surface area (Å²) in [5, 5.41) is 42.0. The Morgan fingerprint density at radius 1 is 1.20 bits per heavy atom. The zero-order valence-corrected chi connectivity index (χ0v) is 22.8. The summed E-state index contributed by atoms with van der Waals surface area (Å²) in [6, 6.07) is 0.255. The Morgan fingerprint density at radius 3 is 2.60 bits per heavy atom. The summed E-state index contributed by atoms with van der Waals surface area (Å²) in [5.41, 5.74) is 0.650. The quantitative estimate of drug-likeness (QED) is 0.155. The van der Waals surface area contributed by atoms with Crippen LogP contribution < -0.4 is 20.5 Å². The molecule has 2 saturated heterocycles. The molecular formula is C23H34N5O11P. The molecule has 2 aromatic heterocycles. The van der Waals surface area contributed by atoms with E-state index in [4.69, 9.17) is 24.0 Å². The van der Waals surface area contributed by atoms with Crippen LogP contribution in [0.1, 0.15) is 19.0 Å². The van der Waals surface area contributed by atoms with Crippen molar-refractivity contribution in [3.63, 3.8) is 0 Å². The number of fused-ring (bicyclic) bond motifs is 3. The summed E-state index contributed by atoms with van der Waals surface area (Å²) in [6.07, 6.45) is -2.87. The van der Waals surface area contributed by atoms with E-state index in [1.54, 1.807) is 31.6 Å². The molecule has 3 aliphatic rings. The van der Waals surface area contributed by atoms with E-state index < -0.39 is 74.5 Å². The van der Waals surface area contributed by atoms with E-state index in [9.17, 15) is 24.7 Å². The molecule has 0 aromatic carbocycles. The van der Waals surface area contributed by atoms with Crippen LogP contribution in [0.5, 0.6) is 5.75 Å². The molecule has 8 N–H and O–H groups in total. The minimum absolute atomic E-state index is 0.0847. The van der Waals surface area contributed by atoms with Gasteiger partial charge in [-0.15, -0.1) is 0 Å². The summed E-state index contributed by atoms with van der Waals surface area (Å²) in [6.45, 7) is 1.75. The number of likely N-dealkylation sites (N-methyl/N-ethyl adjacent to an activating group) is 2. The van der Waals surface area contributed by atoms with Crippen molar-refractivity contribution in [3.8, 4) is 5.75 Å². The predicted octanol–water partition coefficient (Wildman–Crippen LogP) is -2.65. The second-order valence-corrected chi connectivity index (χ2v) is 11.5. The zero-order valence-electron chi connectivity index (χ0n) is 21.9. The molecule has 222 valence electrons. The molecule has 5 rings (SSSR count). The maximum Gasteiger partial charge on any atom is 0.524 e. The second kappa shape index (κ2) is 10.9. The van der Waals surface area contributed by atoms with Gasteiger partial charge in [-0.3, -0.25) is 14.6 Å². The fourth-order valence-electron chi connectivity index (χ4n) is 5.72. The number of nitrogens with zero attached hydrogens (tertiary/aromatic N) is 2. The third-order valence-corrected chi connectivity index (χ3v) is 7.98. The molecule has 1 aliphatic carbocycles. The molecule has 0 bridgehead atoms. The number of amides is 1. The van der Waals surface area contributed by atoms with Crippen LogP contribution in [0.15, 0.2) is 24.5 Å². The Hall–Kier alpha value is -2.21. The van der Waals surface area contributed by atoms with Crippen LogP contribution in [-0.2, 0) is 30.0 Å². The summed E-state index contributed by atoms with van der Waals surface area (Å²) < 4.78 is 35.2. The van der Waals surface area contributed by atoms with Crippen LogP contribution >= 0.6 is 7.82 Å². The number of nitrogens with one attached hydrogen (secondary N) is 3. The molecule has 10 atom stereocenters. The number of pyridine rings is 1. The highest BCUT2D eigenvalue weighted by Gasteiger charge is 2.63. The average molecular weight is 588 g/mol. The van der Waals surface area contributed by atoms with E-state index in [1.807, 2.05) is 0 Å². The Morgan fingerprint density at radius 2 is 1.93 bits per heavy atom. The van der Waals surface area contributed by atoms with Crippen molar-refractivity contribution in [1.29, 1.82) is 0 Å². The molecule has 2 aliphatic heterocycles. The summed E-state index contributed by atoms with van der Waals surface area (Å²) in [7, 11) is -1.53. The molecule has 1 amide bonds. The highest BCUT2D eigenvalue weighted by atomic mass is 31.2. The van der Waals surface area contributed by atoms with Gasteiger partial charge in [-0.1, -0.05) is 0 Å². The van der Waals surface area contributed by atoms with Gasteiger partial charge in [0.1, 0.15) is 29.7 Å². The van der Waals surface area contributed by atoms with Gasteiger partial charge in [-0.2, -0.15) is 0 Å². The summed E-state index contributed by atoms with van der Waals surface area (Å²) in [5.74, 6) is -2.70. The molecule has 40 heavy (non-hydrogen) atoms. The number of aromatic nitrogens is 2. The number of rotatable bonds is 7. The van der Waals surface area contributed by atoms with Gasteiger partial charge in [-0.05, 0) is 33.5 Å². The number of hydrogen-bond donors (Lipinski definition) is 8. The Labute approximate surface area is 228 Å². The number of carbonyl (C=O) groups is 1. The topological polar surface area (TPSA) is 226 Å². The van der Waals surface area contributed by atoms with Gasteiger partial charge in [0.2, 0.25) is 18.0 Å². The molecule has 17 heteroatoms. The molecule has 4 heterocycles. The highest BCUT2D eigenvalue weighted by molar-refractivity contribution is 7.46. The lowest BCUT2D eigenvalue weighted by molar-refractivity contribution is -0.449. The number of ether oxygens (including phenoxy) is 3. The number of aliphatic hydroxyl groups is 3. The van der Waals surface area contributed by atoms with Crippen LogP contribution in [0.3, 0.4) is 0 Å². The average Bonchev–Trinajstić information content (AvgIpc) is 3.25. The number of aliphatic hydroxyl groups excluding tert-OH is 2. The molecular weight excluding hydrogens is 553 g/mol. The fraction of sp³-hybridized carbons (Fsp3) is 0.652. The lowest BCUT2D eigenvalue weighted by Gasteiger charge is -2.58. The van der Waals surface area contributed by atoms with Crippen molar-refractivity contribution in [2.45, 2.75) is 80.5 Å². The van der Waals surface area contributed by atoms with Crippen molar-refractivity contribution in [1.82, 2.24) is 25.3 Å². The highest BCUT2D eigenvalue weighted by Crippen LogP contribution is 2.42. The monoisotopic (exact) mass is 587 g/mol. The first-order valence-electron chi connectivity index (χ1n) is 12.8. The minimum Gasteiger partial charge on any atom is -0.404 e. The van der Waals surface area contributed by atoms with Gasteiger partial charge < -0.3 is 54.4 Å². The number of phosphoric ester groups is 1.